The second-order valence-electron chi connectivity index (χ2n) is 7.57. The van der Waals surface area contributed by atoms with Crippen molar-refractivity contribution in [2.24, 2.45) is 0 Å². The molecule has 154 valence electrons. The summed E-state index contributed by atoms with van der Waals surface area (Å²) in [5.41, 5.74) is 2.01. The molecule has 1 aliphatic rings. The van der Waals surface area contributed by atoms with Gasteiger partial charge >= 0.3 is 0 Å². The Labute approximate surface area is 181 Å². The van der Waals surface area contributed by atoms with E-state index in [0.29, 0.717) is 32.6 Å². The molecular weight excluding hydrogens is 392 g/mol. The third kappa shape index (κ3) is 4.79. The standard InChI is InChI=1S/C25H26N2O2S/c28-23(19-22-13-7-18-30-22)26-14-8-15-27(17-16-26)25(29)24(20-9-3-1-4-10-20)21-11-5-2-6-12-21/h1-7,9-13,18,24H,8,14-17,19H2. The molecule has 0 aliphatic carbocycles. The summed E-state index contributed by atoms with van der Waals surface area (Å²) in [5, 5.41) is 2.00. The van der Waals surface area contributed by atoms with Crippen LogP contribution in [0.4, 0.5) is 0 Å². The van der Waals surface area contributed by atoms with Gasteiger partial charge in [-0.3, -0.25) is 9.59 Å². The number of carbonyl (C=O) groups excluding carboxylic acids is 2. The first kappa shape index (κ1) is 20.4. The molecule has 1 saturated heterocycles. The number of hydrogen-bond donors (Lipinski definition) is 0. The van der Waals surface area contributed by atoms with E-state index in [0.717, 1.165) is 22.4 Å². The van der Waals surface area contributed by atoms with Crippen LogP contribution >= 0.6 is 11.3 Å². The highest BCUT2D eigenvalue weighted by molar-refractivity contribution is 7.10. The zero-order valence-corrected chi connectivity index (χ0v) is 17.8. The van der Waals surface area contributed by atoms with Gasteiger partial charge in [0.2, 0.25) is 11.8 Å². The summed E-state index contributed by atoms with van der Waals surface area (Å²) in [6.07, 6.45) is 1.25. The molecule has 1 fully saturated rings. The highest BCUT2D eigenvalue weighted by atomic mass is 32.1. The lowest BCUT2D eigenvalue weighted by Crippen LogP contribution is -2.40. The Morgan fingerprint density at radius 1 is 0.767 bits per heavy atom. The molecule has 0 spiro atoms. The number of benzene rings is 2. The third-order valence-electron chi connectivity index (χ3n) is 5.58. The van der Waals surface area contributed by atoms with Crippen molar-refractivity contribution < 1.29 is 9.59 Å². The van der Waals surface area contributed by atoms with Gasteiger partial charge in [0, 0.05) is 31.1 Å². The summed E-state index contributed by atoms with van der Waals surface area (Å²) in [5.74, 6) is -0.0601. The number of amides is 2. The van der Waals surface area contributed by atoms with Gasteiger partial charge in [-0.25, -0.2) is 0 Å². The minimum absolute atomic E-state index is 0.111. The highest BCUT2D eigenvalue weighted by Crippen LogP contribution is 2.27. The Bertz CT molecular complexity index is 918. The molecule has 1 aromatic heterocycles. The minimum atomic E-state index is -0.319. The third-order valence-corrected chi connectivity index (χ3v) is 6.45. The first-order valence-electron chi connectivity index (χ1n) is 10.4. The fraction of sp³-hybridized carbons (Fsp3) is 0.280. The van der Waals surface area contributed by atoms with Crippen LogP contribution in [-0.4, -0.2) is 47.8 Å². The quantitative estimate of drug-likeness (QED) is 0.624. The van der Waals surface area contributed by atoms with Gasteiger partial charge in [0.05, 0.1) is 12.3 Å². The fourth-order valence-corrected chi connectivity index (χ4v) is 4.71. The van der Waals surface area contributed by atoms with Crippen molar-refractivity contribution >= 4 is 23.2 Å². The van der Waals surface area contributed by atoms with Crippen LogP contribution in [-0.2, 0) is 16.0 Å². The van der Waals surface area contributed by atoms with E-state index >= 15 is 0 Å². The summed E-state index contributed by atoms with van der Waals surface area (Å²) in [7, 11) is 0. The molecule has 0 N–H and O–H groups in total. The lowest BCUT2D eigenvalue weighted by molar-refractivity contribution is -0.133. The molecule has 0 atom stereocenters. The van der Waals surface area contributed by atoms with Crippen LogP contribution in [0.2, 0.25) is 0 Å². The predicted octanol–water partition coefficient (Wildman–Crippen LogP) is 4.18. The van der Waals surface area contributed by atoms with Crippen LogP contribution in [0, 0.1) is 0 Å². The molecule has 4 nitrogen and oxygen atoms in total. The van der Waals surface area contributed by atoms with Crippen molar-refractivity contribution in [3.8, 4) is 0 Å². The first-order chi connectivity index (χ1) is 14.7. The average Bonchev–Trinajstić information content (AvgIpc) is 3.16. The smallest absolute Gasteiger partial charge is 0.234 e. The number of thiophene rings is 1. The SMILES string of the molecule is O=C(Cc1cccs1)N1CCCN(C(=O)C(c2ccccc2)c2ccccc2)CC1. The average molecular weight is 419 g/mol. The monoisotopic (exact) mass is 418 g/mol. The Kier molecular flexibility index (Phi) is 6.60. The van der Waals surface area contributed by atoms with Gasteiger partial charge in [0.15, 0.2) is 0 Å². The van der Waals surface area contributed by atoms with Crippen molar-refractivity contribution in [1.29, 1.82) is 0 Å². The Morgan fingerprint density at radius 3 is 1.97 bits per heavy atom. The van der Waals surface area contributed by atoms with E-state index in [1.165, 1.54) is 0 Å². The number of carbonyl (C=O) groups is 2. The Hall–Kier alpha value is -2.92. The normalized spacial score (nSPS) is 14.6. The van der Waals surface area contributed by atoms with Crippen molar-refractivity contribution in [2.45, 2.75) is 18.8 Å². The lowest BCUT2D eigenvalue weighted by Gasteiger charge is -2.27. The second-order valence-corrected chi connectivity index (χ2v) is 8.60. The zero-order valence-electron chi connectivity index (χ0n) is 16.9. The maximum atomic E-state index is 13.6. The Balaban J connectivity index is 1.48. The van der Waals surface area contributed by atoms with E-state index in [1.807, 2.05) is 88.0 Å². The number of hydrogen-bond acceptors (Lipinski definition) is 3. The molecule has 30 heavy (non-hydrogen) atoms. The molecule has 0 unspecified atom stereocenters. The minimum Gasteiger partial charge on any atom is -0.341 e. The first-order valence-corrected chi connectivity index (χ1v) is 11.3. The lowest BCUT2D eigenvalue weighted by atomic mass is 9.90. The maximum Gasteiger partial charge on any atom is 0.234 e. The maximum absolute atomic E-state index is 13.6. The van der Waals surface area contributed by atoms with Crippen molar-refractivity contribution in [2.75, 3.05) is 26.2 Å². The van der Waals surface area contributed by atoms with Gasteiger partial charge in [-0.15, -0.1) is 11.3 Å². The van der Waals surface area contributed by atoms with Crippen molar-refractivity contribution in [3.63, 3.8) is 0 Å². The molecule has 0 saturated carbocycles. The molecule has 4 rings (SSSR count). The van der Waals surface area contributed by atoms with Gasteiger partial charge in [0.25, 0.3) is 0 Å². The number of nitrogens with zero attached hydrogens (tertiary/aromatic N) is 2. The van der Waals surface area contributed by atoms with Crippen LogP contribution in [0.15, 0.2) is 78.2 Å². The van der Waals surface area contributed by atoms with Crippen LogP contribution in [0.3, 0.4) is 0 Å². The van der Waals surface area contributed by atoms with Crippen molar-refractivity contribution in [3.05, 3.63) is 94.2 Å². The van der Waals surface area contributed by atoms with E-state index in [9.17, 15) is 9.59 Å². The summed E-state index contributed by atoms with van der Waals surface area (Å²) in [6.45, 7) is 2.55. The molecule has 2 amide bonds. The molecular formula is C25H26N2O2S. The van der Waals surface area contributed by atoms with E-state index in [2.05, 4.69) is 0 Å². The molecule has 1 aliphatic heterocycles. The summed E-state index contributed by atoms with van der Waals surface area (Å²) < 4.78 is 0. The largest absolute Gasteiger partial charge is 0.341 e. The van der Waals surface area contributed by atoms with Gasteiger partial charge in [0.1, 0.15) is 0 Å². The molecule has 5 heteroatoms. The number of rotatable bonds is 5. The topological polar surface area (TPSA) is 40.6 Å². The van der Waals surface area contributed by atoms with Gasteiger partial charge in [-0.1, -0.05) is 66.7 Å². The van der Waals surface area contributed by atoms with Gasteiger partial charge in [-0.2, -0.15) is 0 Å². The van der Waals surface area contributed by atoms with E-state index in [-0.39, 0.29) is 17.7 Å². The summed E-state index contributed by atoms with van der Waals surface area (Å²) >= 11 is 1.61. The van der Waals surface area contributed by atoms with E-state index in [1.54, 1.807) is 11.3 Å². The molecule has 2 aromatic carbocycles. The zero-order chi connectivity index (χ0) is 20.8. The molecule has 0 bridgehead atoms. The van der Waals surface area contributed by atoms with Crippen LogP contribution in [0.5, 0.6) is 0 Å². The van der Waals surface area contributed by atoms with Crippen molar-refractivity contribution in [1.82, 2.24) is 9.80 Å². The summed E-state index contributed by atoms with van der Waals surface area (Å²) in [4.78, 5) is 31.2. The molecule has 3 aromatic rings. The fourth-order valence-electron chi connectivity index (χ4n) is 4.01. The highest BCUT2D eigenvalue weighted by Gasteiger charge is 2.29. The van der Waals surface area contributed by atoms with Crippen LogP contribution in [0.1, 0.15) is 28.3 Å². The molecule has 2 heterocycles. The van der Waals surface area contributed by atoms with E-state index < -0.39 is 0 Å². The van der Waals surface area contributed by atoms with Crippen LogP contribution < -0.4 is 0 Å². The van der Waals surface area contributed by atoms with Crippen LogP contribution in [0.25, 0.3) is 0 Å². The predicted molar refractivity (Wildman–Crippen MR) is 121 cm³/mol. The Morgan fingerprint density at radius 2 is 1.37 bits per heavy atom. The summed E-state index contributed by atoms with van der Waals surface area (Å²) in [6, 6.07) is 23.9. The van der Waals surface area contributed by atoms with E-state index in [4.69, 9.17) is 0 Å². The second kappa shape index (κ2) is 9.72. The van der Waals surface area contributed by atoms with Gasteiger partial charge < -0.3 is 9.80 Å². The van der Waals surface area contributed by atoms with Gasteiger partial charge in [-0.05, 0) is 29.0 Å². The molecule has 0 radical (unpaired) electrons.